The Morgan fingerprint density at radius 2 is 1.94 bits per heavy atom. The first-order chi connectivity index (χ1) is 8.42. The van der Waals surface area contributed by atoms with Gasteiger partial charge in [0, 0.05) is 44.1 Å². The maximum Gasteiger partial charge on any atom is 0.116 e. The molecular weight excluding hydrogens is 230 g/mol. The standard InChI is InChI=1S/C13H7N3S/c1-2-14-6-10-9-3-8-5-15-7-16-11(8)4-13(9)17-12(1)10/h1-7H. The molecule has 0 atom stereocenters. The molecule has 0 bridgehead atoms. The van der Waals surface area contributed by atoms with E-state index >= 15 is 0 Å². The van der Waals surface area contributed by atoms with E-state index in [2.05, 4.69) is 33.2 Å². The summed E-state index contributed by atoms with van der Waals surface area (Å²) in [4.78, 5) is 12.5. The third-order valence-electron chi connectivity index (χ3n) is 2.90. The van der Waals surface area contributed by atoms with Crippen molar-refractivity contribution in [2.75, 3.05) is 0 Å². The third kappa shape index (κ3) is 1.24. The van der Waals surface area contributed by atoms with Gasteiger partial charge in [0.25, 0.3) is 0 Å². The van der Waals surface area contributed by atoms with E-state index < -0.39 is 0 Å². The Bertz CT molecular complexity index is 845. The lowest BCUT2D eigenvalue weighted by Gasteiger charge is -1.96. The highest BCUT2D eigenvalue weighted by Gasteiger charge is 2.06. The first kappa shape index (κ1) is 9.01. The van der Waals surface area contributed by atoms with E-state index in [-0.39, 0.29) is 0 Å². The molecule has 0 spiro atoms. The summed E-state index contributed by atoms with van der Waals surface area (Å²) in [5, 5.41) is 3.52. The second kappa shape index (κ2) is 3.21. The van der Waals surface area contributed by atoms with Crippen molar-refractivity contribution in [2.45, 2.75) is 0 Å². The fourth-order valence-electron chi connectivity index (χ4n) is 2.10. The van der Waals surface area contributed by atoms with E-state index in [1.165, 1.54) is 20.2 Å². The molecule has 0 aliphatic heterocycles. The topological polar surface area (TPSA) is 38.7 Å². The van der Waals surface area contributed by atoms with Crippen LogP contribution in [0, 0.1) is 0 Å². The second-order valence-corrected chi connectivity index (χ2v) is 4.99. The zero-order chi connectivity index (χ0) is 11.2. The maximum absolute atomic E-state index is 4.28. The molecule has 4 rings (SSSR count). The van der Waals surface area contributed by atoms with Gasteiger partial charge in [-0.15, -0.1) is 11.3 Å². The Morgan fingerprint density at radius 3 is 2.94 bits per heavy atom. The molecule has 80 valence electrons. The molecule has 4 aromatic rings. The zero-order valence-electron chi connectivity index (χ0n) is 8.79. The van der Waals surface area contributed by atoms with E-state index in [0.29, 0.717) is 0 Å². The van der Waals surface area contributed by atoms with Crippen LogP contribution in [-0.4, -0.2) is 15.0 Å². The van der Waals surface area contributed by atoms with Crippen LogP contribution >= 0.6 is 11.3 Å². The Balaban J connectivity index is 2.28. The van der Waals surface area contributed by atoms with Gasteiger partial charge in [0.2, 0.25) is 0 Å². The van der Waals surface area contributed by atoms with Gasteiger partial charge in [-0.2, -0.15) is 0 Å². The molecule has 0 N–H and O–H groups in total. The summed E-state index contributed by atoms with van der Waals surface area (Å²) in [6, 6.07) is 6.32. The number of thiophene rings is 1. The number of rotatable bonds is 0. The predicted molar refractivity (Wildman–Crippen MR) is 70.2 cm³/mol. The number of fused-ring (bicyclic) bond motifs is 4. The molecule has 1 aromatic carbocycles. The molecule has 0 radical (unpaired) electrons. The molecule has 3 aromatic heterocycles. The molecule has 3 nitrogen and oxygen atoms in total. The van der Waals surface area contributed by atoms with Crippen LogP contribution in [0.2, 0.25) is 0 Å². The summed E-state index contributed by atoms with van der Waals surface area (Å²) in [6.45, 7) is 0. The SMILES string of the molecule is c1cc2sc3cc4ncncc4cc3c2cn1. The molecule has 0 saturated heterocycles. The van der Waals surface area contributed by atoms with E-state index in [1.54, 1.807) is 17.7 Å². The van der Waals surface area contributed by atoms with Crippen molar-refractivity contribution in [2.24, 2.45) is 0 Å². The van der Waals surface area contributed by atoms with Gasteiger partial charge in [-0.1, -0.05) is 0 Å². The molecule has 0 aliphatic carbocycles. The highest BCUT2D eigenvalue weighted by Crippen LogP contribution is 2.34. The van der Waals surface area contributed by atoms with E-state index in [4.69, 9.17) is 0 Å². The molecule has 17 heavy (non-hydrogen) atoms. The van der Waals surface area contributed by atoms with Crippen molar-refractivity contribution >= 4 is 42.4 Å². The van der Waals surface area contributed by atoms with Gasteiger partial charge >= 0.3 is 0 Å². The lowest BCUT2D eigenvalue weighted by Crippen LogP contribution is -1.79. The number of nitrogens with zero attached hydrogens (tertiary/aromatic N) is 3. The van der Waals surface area contributed by atoms with Crippen molar-refractivity contribution in [3.63, 3.8) is 0 Å². The van der Waals surface area contributed by atoms with Crippen molar-refractivity contribution in [3.8, 4) is 0 Å². The quantitative estimate of drug-likeness (QED) is 0.470. The molecule has 0 amide bonds. The van der Waals surface area contributed by atoms with Gasteiger partial charge < -0.3 is 0 Å². The maximum atomic E-state index is 4.28. The second-order valence-electron chi connectivity index (χ2n) is 3.90. The minimum Gasteiger partial charge on any atom is -0.264 e. The van der Waals surface area contributed by atoms with Crippen LogP contribution in [0.1, 0.15) is 0 Å². The van der Waals surface area contributed by atoms with E-state index in [9.17, 15) is 0 Å². The normalized spacial score (nSPS) is 11.5. The van der Waals surface area contributed by atoms with Crippen molar-refractivity contribution in [1.29, 1.82) is 0 Å². The van der Waals surface area contributed by atoms with Gasteiger partial charge in [-0.25, -0.2) is 9.97 Å². The average Bonchev–Trinajstić information content (AvgIpc) is 2.73. The van der Waals surface area contributed by atoms with Crippen LogP contribution < -0.4 is 0 Å². The number of hydrogen-bond donors (Lipinski definition) is 0. The predicted octanol–water partition coefficient (Wildman–Crippen LogP) is 3.39. The van der Waals surface area contributed by atoms with Gasteiger partial charge in [0.05, 0.1) is 5.52 Å². The summed E-state index contributed by atoms with van der Waals surface area (Å²) in [7, 11) is 0. The average molecular weight is 237 g/mol. The Labute approximate surface area is 101 Å². The van der Waals surface area contributed by atoms with E-state index in [0.717, 1.165) is 10.9 Å². The van der Waals surface area contributed by atoms with Gasteiger partial charge in [0.15, 0.2) is 0 Å². The molecular formula is C13H7N3S. The Hall–Kier alpha value is -2.07. The van der Waals surface area contributed by atoms with Gasteiger partial charge in [0.1, 0.15) is 6.33 Å². The van der Waals surface area contributed by atoms with Crippen LogP contribution in [0.25, 0.3) is 31.1 Å². The molecule has 0 saturated carbocycles. The zero-order valence-corrected chi connectivity index (χ0v) is 9.61. The minimum absolute atomic E-state index is 0.993. The smallest absolute Gasteiger partial charge is 0.116 e. The minimum atomic E-state index is 0.993. The monoisotopic (exact) mass is 237 g/mol. The van der Waals surface area contributed by atoms with Crippen LogP contribution in [0.4, 0.5) is 0 Å². The first-order valence-corrected chi connectivity index (χ1v) is 6.09. The van der Waals surface area contributed by atoms with Crippen LogP contribution in [-0.2, 0) is 0 Å². The van der Waals surface area contributed by atoms with Crippen molar-refractivity contribution in [3.05, 3.63) is 43.1 Å². The Morgan fingerprint density at radius 1 is 0.941 bits per heavy atom. The molecule has 0 unspecified atom stereocenters. The van der Waals surface area contributed by atoms with E-state index in [1.807, 2.05) is 18.6 Å². The number of pyridine rings is 1. The summed E-state index contributed by atoms with van der Waals surface area (Å²) in [6.07, 6.45) is 7.19. The van der Waals surface area contributed by atoms with Crippen molar-refractivity contribution < 1.29 is 0 Å². The van der Waals surface area contributed by atoms with Crippen LogP contribution in [0.3, 0.4) is 0 Å². The first-order valence-electron chi connectivity index (χ1n) is 5.28. The lowest BCUT2D eigenvalue weighted by atomic mass is 10.1. The molecule has 4 heteroatoms. The van der Waals surface area contributed by atoms with Gasteiger partial charge in [-0.3, -0.25) is 4.98 Å². The van der Waals surface area contributed by atoms with Crippen LogP contribution in [0.5, 0.6) is 0 Å². The summed E-state index contributed by atoms with van der Waals surface area (Å²) in [5.41, 5.74) is 0.993. The molecule has 0 fully saturated rings. The summed E-state index contributed by atoms with van der Waals surface area (Å²) < 4.78 is 2.51. The van der Waals surface area contributed by atoms with Crippen molar-refractivity contribution in [1.82, 2.24) is 15.0 Å². The molecule has 3 heterocycles. The fourth-order valence-corrected chi connectivity index (χ4v) is 3.18. The Kier molecular flexibility index (Phi) is 1.70. The lowest BCUT2D eigenvalue weighted by molar-refractivity contribution is 1.22. The fraction of sp³-hybridized carbons (Fsp3) is 0. The summed E-state index contributed by atoms with van der Waals surface area (Å²) in [5.74, 6) is 0. The highest BCUT2D eigenvalue weighted by atomic mass is 32.1. The highest BCUT2D eigenvalue weighted by molar-refractivity contribution is 7.25. The third-order valence-corrected chi connectivity index (χ3v) is 4.03. The molecule has 0 aliphatic rings. The number of aromatic nitrogens is 3. The number of hydrogen-bond acceptors (Lipinski definition) is 4. The number of benzene rings is 1. The summed E-state index contributed by atoms with van der Waals surface area (Å²) >= 11 is 1.78. The van der Waals surface area contributed by atoms with Gasteiger partial charge in [-0.05, 0) is 18.2 Å². The largest absolute Gasteiger partial charge is 0.264 e. The van der Waals surface area contributed by atoms with Crippen LogP contribution in [0.15, 0.2) is 43.1 Å².